The van der Waals surface area contributed by atoms with Gasteiger partial charge in [0.25, 0.3) is 5.91 Å². The lowest BCUT2D eigenvalue weighted by atomic mass is 9.96. The zero-order chi connectivity index (χ0) is 13.8. The van der Waals surface area contributed by atoms with Crippen molar-refractivity contribution in [2.75, 3.05) is 19.8 Å². The number of ether oxygens (including phenoxy) is 1. The molecule has 0 radical (unpaired) electrons. The van der Waals surface area contributed by atoms with Gasteiger partial charge in [0.05, 0.1) is 19.3 Å². The van der Waals surface area contributed by atoms with Crippen molar-refractivity contribution in [1.29, 1.82) is 0 Å². The van der Waals surface area contributed by atoms with Gasteiger partial charge in [0.2, 0.25) is 0 Å². The fourth-order valence-electron chi connectivity index (χ4n) is 1.95. The standard InChI is InChI=1S/C13H18N2O4/c1-8-2-3-10(14-4-8)13(18)15-5-9-6-19-7-11(16)12(9)17/h2-4,9,11-12,16-17H,5-7H2,1H3,(H,15,18)/t9-,11-,12+/m1/s1. The third kappa shape index (κ3) is 3.50. The van der Waals surface area contributed by atoms with E-state index in [1.165, 1.54) is 0 Å². The first-order valence-corrected chi connectivity index (χ1v) is 6.22. The maximum atomic E-state index is 11.8. The average molecular weight is 266 g/mol. The summed E-state index contributed by atoms with van der Waals surface area (Å²) >= 11 is 0. The predicted molar refractivity (Wildman–Crippen MR) is 67.6 cm³/mol. The number of carbonyl (C=O) groups is 1. The van der Waals surface area contributed by atoms with Crippen LogP contribution in [0.3, 0.4) is 0 Å². The highest BCUT2D eigenvalue weighted by Crippen LogP contribution is 2.14. The summed E-state index contributed by atoms with van der Waals surface area (Å²) in [6.45, 7) is 2.59. The number of nitrogens with one attached hydrogen (secondary N) is 1. The van der Waals surface area contributed by atoms with Gasteiger partial charge in [-0.1, -0.05) is 6.07 Å². The first-order chi connectivity index (χ1) is 9.08. The smallest absolute Gasteiger partial charge is 0.269 e. The molecule has 0 bridgehead atoms. The van der Waals surface area contributed by atoms with Crippen LogP contribution in [-0.4, -0.2) is 53.1 Å². The maximum Gasteiger partial charge on any atom is 0.269 e. The summed E-state index contributed by atoms with van der Waals surface area (Å²) < 4.78 is 5.14. The number of nitrogens with zero attached hydrogens (tertiary/aromatic N) is 1. The summed E-state index contributed by atoms with van der Waals surface area (Å²) in [5.74, 6) is -0.606. The van der Waals surface area contributed by atoms with E-state index in [1.54, 1.807) is 12.3 Å². The second-order valence-electron chi connectivity index (χ2n) is 4.79. The fraction of sp³-hybridized carbons (Fsp3) is 0.538. The van der Waals surface area contributed by atoms with Crippen molar-refractivity contribution in [1.82, 2.24) is 10.3 Å². The Morgan fingerprint density at radius 3 is 2.95 bits per heavy atom. The highest BCUT2D eigenvalue weighted by atomic mass is 16.5. The number of hydrogen-bond acceptors (Lipinski definition) is 5. The Labute approximate surface area is 111 Å². The molecule has 1 aromatic heterocycles. The third-order valence-electron chi connectivity index (χ3n) is 3.17. The molecule has 1 fully saturated rings. The van der Waals surface area contributed by atoms with Crippen molar-refractivity contribution in [2.24, 2.45) is 5.92 Å². The van der Waals surface area contributed by atoms with Gasteiger partial charge < -0.3 is 20.3 Å². The van der Waals surface area contributed by atoms with Crippen molar-refractivity contribution in [3.8, 4) is 0 Å². The lowest BCUT2D eigenvalue weighted by Gasteiger charge is -2.31. The summed E-state index contributed by atoms with van der Waals surface area (Å²) in [5, 5.41) is 21.9. The van der Waals surface area contributed by atoms with E-state index in [4.69, 9.17) is 4.74 Å². The van der Waals surface area contributed by atoms with E-state index in [0.717, 1.165) is 5.56 Å². The molecule has 3 atom stereocenters. The molecule has 19 heavy (non-hydrogen) atoms. The van der Waals surface area contributed by atoms with Crippen molar-refractivity contribution >= 4 is 5.91 Å². The Morgan fingerprint density at radius 2 is 2.26 bits per heavy atom. The second-order valence-corrected chi connectivity index (χ2v) is 4.79. The molecule has 0 unspecified atom stereocenters. The average Bonchev–Trinajstić information content (AvgIpc) is 2.41. The Kier molecular flexibility index (Phi) is 4.47. The molecule has 1 aliphatic rings. The topological polar surface area (TPSA) is 91.7 Å². The van der Waals surface area contributed by atoms with E-state index < -0.39 is 12.2 Å². The minimum absolute atomic E-state index is 0.130. The van der Waals surface area contributed by atoms with E-state index in [9.17, 15) is 15.0 Å². The van der Waals surface area contributed by atoms with Gasteiger partial charge in [-0.3, -0.25) is 9.78 Å². The molecule has 1 aliphatic heterocycles. The van der Waals surface area contributed by atoms with Crippen LogP contribution in [0.15, 0.2) is 18.3 Å². The summed E-state index contributed by atoms with van der Waals surface area (Å²) in [7, 11) is 0. The van der Waals surface area contributed by atoms with Gasteiger partial charge in [0, 0.05) is 18.7 Å². The number of aliphatic hydroxyl groups is 2. The molecule has 1 amide bonds. The number of hydrogen-bond donors (Lipinski definition) is 3. The number of rotatable bonds is 3. The molecule has 1 saturated heterocycles. The van der Waals surface area contributed by atoms with E-state index in [-0.39, 0.29) is 25.0 Å². The Balaban J connectivity index is 1.88. The largest absolute Gasteiger partial charge is 0.390 e. The van der Waals surface area contributed by atoms with E-state index in [2.05, 4.69) is 10.3 Å². The fourth-order valence-corrected chi connectivity index (χ4v) is 1.95. The molecule has 0 aliphatic carbocycles. The molecule has 6 nitrogen and oxygen atoms in total. The number of aromatic nitrogens is 1. The lowest BCUT2D eigenvalue weighted by Crippen LogP contribution is -2.48. The molecular weight excluding hydrogens is 248 g/mol. The molecule has 6 heteroatoms. The van der Waals surface area contributed by atoms with Gasteiger partial charge in [-0.25, -0.2) is 0 Å². The van der Waals surface area contributed by atoms with Gasteiger partial charge in [-0.05, 0) is 18.6 Å². The Morgan fingerprint density at radius 1 is 1.47 bits per heavy atom. The summed E-state index contributed by atoms with van der Waals surface area (Å²) in [5.41, 5.74) is 1.31. The van der Waals surface area contributed by atoms with Crippen LogP contribution in [0.2, 0.25) is 0 Å². The van der Waals surface area contributed by atoms with Crippen LogP contribution >= 0.6 is 0 Å². The minimum atomic E-state index is -0.895. The highest BCUT2D eigenvalue weighted by molar-refractivity contribution is 5.92. The SMILES string of the molecule is Cc1ccc(C(=O)NC[C@@H]2COC[C@@H](O)[C@H]2O)nc1. The van der Waals surface area contributed by atoms with E-state index in [1.807, 2.05) is 13.0 Å². The Bertz CT molecular complexity index is 435. The van der Waals surface area contributed by atoms with Gasteiger partial charge >= 0.3 is 0 Å². The zero-order valence-electron chi connectivity index (χ0n) is 10.7. The van der Waals surface area contributed by atoms with Crippen LogP contribution in [-0.2, 0) is 4.74 Å². The molecule has 2 rings (SSSR count). The van der Waals surface area contributed by atoms with Crippen LogP contribution in [0.5, 0.6) is 0 Å². The van der Waals surface area contributed by atoms with Crippen LogP contribution in [0.4, 0.5) is 0 Å². The van der Waals surface area contributed by atoms with E-state index in [0.29, 0.717) is 12.3 Å². The second kappa shape index (κ2) is 6.10. The van der Waals surface area contributed by atoms with Gasteiger partial charge in [-0.2, -0.15) is 0 Å². The summed E-state index contributed by atoms with van der Waals surface area (Å²) in [6.07, 6.45) is -0.148. The molecule has 0 aromatic carbocycles. The number of amides is 1. The molecular formula is C13H18N2O4. The normalized spacial score (nSPS) is 27.0. The van der Waals surface area contributed by atoms with E-state index >= 15 is 0 Å². The first kappa shape index (κ1) is 13.9. The van der Waals surface area contributed by atoms with Crippen LogP contribution in [0, 0.1) is 12.8 Å². The van der Waals surface area contributed by atoms with Gasteiger partial charge in [0.15, 0.2) is 0 Å². The van der Waals surface area contributed by atoms with Gasteiger partial charge in [-0.15, -0.1) is 0 Å². The minimum Gasteiger partial charge on any atom is -0.390 e. The molecule has 104 valence electrons. The maximum absolute atomic E-state index is 11.8. The molecule has 3 N–H and O–H groups in total. The molecule has 1 aromatic rings. The third-order valence-corrected chi connectivity index (χ3v) is 3.17. The molecule has 2 heterocycles. The van der Waals surface area contributed by atoms with Crippen LogP contribution in [0.1, 0.15) is 16.1 Å². The van der Waals surface area contributed by atoms with Crippen molar-refractivity contribution < 1.29 is 19.7 Å². The summed E-state index contributed by atoms with van der Waals surface area (Å²) in [6, 6.07) is 3.46. The van der Waals surface area contributed by atoms with Crippen LogP contribution < -0.4 is 5.32 Å². The molecule has 0 spiro atoms. The number of pyridine rings is 1. The van der Waals surface area contributed by atoms with Crippen LogP contribution in [0.25, 0.3) is 0 Å². The Hall–Kier alpha value is -1.50. The lowest BCUT2D eigenvalue weighted by molar-refractivity contribution is -0.118. The zero-order valence-corrected chi connectivity index (χ0v) is 10.7. The number of carbonyl (C=O) groups excluding carboxylic acids is 1. The predicted octanol–water partition coefficient (Wildman–Crippen LogP) is -0.512. The number of aliphatic hydroxyl groups excluding tert-OH is 2. The molecule has 0 saturated carbocycles. The monoisotopic (exact) mass is 266 g/mol. The summed E-state index contributed by atoms with van der Waals surface area (Å²) in [4.78, 5) is 15.8. The number of aryl methyl sites for hydroxylation is 1. The van der Waals surface area contributed by atoms with Crippen molar-refractivity contribution in [2.45, 2.75) is 19.1 Å². The first-order valence-electron chi connectivity index (χ1n) is 6.22. The highest BCUT2D eigenvalue weighted by Gasteiger charge is 2.31. The van der Waals surface area contributed by atoms with Crippen molar-refractivity contribution in [3.63, 3.8) is 0 Å². The van der Waals surface area contributed by atoms with Crippen molar-refractivity contribution in [3.05, 3.63) is 29.6 Å². The quantitative estimate of drug-likeness (QED) is 0.685. The van der Waals surface area contributed by atoms with Gasteiger partial charge in [0.1, 0.15) is 11.8 Å².